The molecule has 0 fully saturated rings. The van der Waals surface area contributed by atoms with Crippen LogP contribution in [0.2, 0.25) is 0 Å². The van der Waals surface area contributed by atoms with Crippen LogP contribution in [0.5, 0.6) is 0 Å². The Balaban J connectivity index is 0.000000162. The summed E-state index contributed by atoms with van der Waals surface area (Å²) in [5.41, 5.74) is 6.23. The van der Waals surface area contributed by atoms with Gasteiger partial charge in [0.15, 0.2) is 0 Å². The topological polar surface area (TPSA) is 28.7 Å². The van der Waals surface area contributed by atoms with Crippen LogP contribution < -0.4 is 0 Å². The number of hydrogen-bond donors (Lipinski definition) is 1. The molecule has 1 N–H and O–H groups in total. The third-order valence-corrected chi connectivity index (χ3v) is 4.43. The minimum atomic E-state index is 0.884. The van der Waals surface area contributed by atoms with Gasteiger partial charge >= 0.3 is 0 Å². The maximum absolute atomic E-state index is 4.26. The van der Waals surface area contributed by atoms with Crippen molar-refractivity contribution in [3.05, 3.63) is 131 Å². The van der Waals surface area contributed by atoms with Gasteiger partial charge < -0.3 is 4.98 Å². The zero-order valence-corrected chi connectivity index (χ0v) is 16.5. The van der Waals surface area contributed by atoms with E-state index >= 15 is 0 Å². The van der Waals surface area contributed by atoms with Crippen molar-refractivity contribution in [3.63, 3.8) is 0 Å². The first-order valence-corrected chi connectivity index (χ1v) is 9.58. The molecule has 0 aliphatic heterocycles. The van der Waals surface area contributed by atoms with Crippen LogP contribution in [0.3, 0.4) is 0 Å². The van der Waals surface area contributed by atoms with E-state index in [4.69, 9.17) is 0 Å². The highest BCUT2D eigenvalue weighted by atomic mass is 14.9. The van der Waals surface area contributed by atoms with Crippen LogP contribution >= 0.6 is 0 Å². The molecule has 4 aromatic rings. The Morgan fingerprint density at radius 2 is 1.32 bits per heavy atom. The molecule has 1 aromatic heterocycles. The highest BCUT2D eigenvalue weighted by Crippen LogP contribution is 2.21. The smallest absolute Gasteiger partial charge is 0.130 e. The minimum absolute atomic E-state index is 0.884. The lowest BCUT2D eigenvalue weighted by molar-refractivity contribution is 1.02. The van der Waals surface area contributed by atoms with Crippen molar-refractivity contribution < 1.29 is 0 Å². The van der Waals surface area contributed by atoms with Gasteiger partial charge in [0.25, 0.3) is 0 Å². The summed E-state index contributed by atoms with van der Waals surface area (Å²) in [5, 5.41) is 0. The standard InChI is InChI=1S/C14H13B.C11H12N2/c15-11-14(12-7-3-1-4-8-12)13-9-5-2-6-10-13;1-9-8-12-11(13-9)7-10-5-3-2-4-6-10/h1-11H,15H2;2-6,8H,7H2,1H3,(H,12,13). The SMILES string of the molecule is BC=C(c1ccccc1)c1ccccc1.Cc1cnc(Cc2ccccc2)[nH]1. The highest BCUT2D eigenvalue weighted by Gasteiger charge is 2.01. The van der Waals surface area contributed by atoms with Crippen molar-refractivity contribution in [1.82, 2.24) is 9.97 Å². The van der Waals surface area contributed by atoms with E-state index in [-0.39, 0.29) is 0 Å². The average Bonchev–Trinajstić information content (AvgIpc) is 3.16. The van der Waals surface area contributed by atoms with E-state index < -0.39 is 0 Å². The van der Waals surface area contributed by atoms with Crippen LogP contribution in [0, 0.1) is 6.92 Å². The number of H-pyrrole nitrogens is 1. The van der Waals surface area contributed by atoms with E-state index in [0.717, 1.165) is 17.9 Å². The number of nitrogens with zero attached hydrogens (tertiary/aromatic N) is 1. The number of rotatable bonds is 4. The van der Waals surface area contributed by atoms with Gasteiger partial charge in [0.05, 0.1) is 0 Å². The van der Waals surface area contributed by atoms with Gasteiger partial charge in [-0.25, -0.2) is 4.98 Å². The predicted molar refractivity (Wildman–Crippen MR) is 121 cm³/mol. The largest absolute Gasteiger partial charge is 0.346 e. The zero-order chi connectivity index (χ0) is 19.6. The van der Waals surface area contributed by atoms with E-state index in [1.807, 2.05) is 43.5 Å². The lowest BCUT2D eigenvalue weighted by Gasteiger charge is -2.07. The summed E-state index contributed by atoms with van der Waals surface area (Å²) in [5.74, 6) is 3.19. The second-order valence-electron chi connectivity index (χ2n) is 6.61. The first kappa shape index (κ1) is 19.4. The van der Waals surface area contributed by atoms with Crippen molar-refractivity contribution in [3.8, 4) is 0 Å². The van der Waals surface area contributed by atoms with Crippen LogP contribution in [-0.4, -0.2) is 17.8 Å². The van der Waals surface area contributed by atoms with Crippen LogP contribution in [0.15, 0.2) is 103 Å². The second-order valence-corrected chi connectivity index (χ2v) is 6.61. The molecule has 0 bridgehead atoms. The fourth-order valence-electron chi connectivity index (χ4n) is 3.08. The molecule has 0 atom stereocenters. The molecule has 4 rings (SSSR count). The number of hydrogen-bond acceptors (Lipinski definition) is 1. The summed E-state index contributed by atoms with van der Waals surface area (Å²) in [6, 6.07) is 31.3. The Morgan fingerprint density at radius 3 is 1.75 bits per heavy atom. The molecule has 3 heteroatoms. The van der Waals surface area contributed by atoms with Crippen molar-refractivity contribution in [1.29, 1.82) is 0 Å². The number of aromatic nitrogens is 2. The van der Waals surface area contributed by atoms with Gasteiger partial charge in [-0.3, -0.25) is 0 Å². The summed E-state index contributed by atoms with van der Waals surface area (Å²) in [6.45, 7) is 2.02. The third kappa shape index (κ3) is 5.58. The Hall–Kier alpha value is -3.33. The van der Waals surface area contributed by atoms with Crippen molar-refractivity contribution in [2.24, 2.45) is 0 Å². The van der Waals surface area contributed by atoms with Crippen LogP contribution in [0.25, 0.3) is 5.57 Å². The second kappa shape index (κ2) is 10.1. The molecule has 2 nitrogen and oxygen atoms in total. The average molecular weight is 364 g/mol. The quantitative estimate of drug-likeness (QED) is 0.506. The number of aryl methyl sites for hydroxylation is 1. The lowest BCUT2D eigenvalue weighted by atomic mass is 9.92. The number of benzene rings is 3. The summed E-state index contributed by atoms with van der Waals surface area (Å²) in [7, 11) is 2.08. The minimum Gasteiger partial charge on any atom is -0.346 e. The van der Waals surface area contributed by atoms with Gasteiger partial charge in [0.1, 0.15) is 13.7 Å². The first-order chi connectivity index (χ1) is 13.8. The van der Waals surface area contributed by atoms with Gasteiger partial charge in [-0.05, 0) is 29.2 Å². The molecule has 0 radical (unpaired) electrons. The molecule has 138 valence electrons. The Bertz CT molecular complexity index is 949. The maximum Gasteiger partial charge on any atom is 0.130 e. The van der Waals surface area contributed by atoms with Gasteiger partial charge in [0, 0.05) is 18.3 Å². The molecule has 0 aliphatic carbocycles. The van der Waals surface area contributed by atoms with Gasteiger partial charge in [-0.2, -0.15) is 0 Å². The molecule has 3 aromatic carbocycles. The zero-order valence-electron chi connectivity index (χ0n) is 16.5. The molecule has 0 saturated heterocycles. The Morgan fingerprint density at radius 1 is 0.821 bits per heavy atom. The summed E-state index contributed by atoms with van der Waals surface area (Å²) in [4.78, 5) is 7.47. The predicted octanol–water partition coefficient (Wildman–Crippen LogP) is 5.02. The molecule has 0 amide bonds. The van der Waals surface area contributed by atoms with Crippen molar-refractivity contribution >= 4 is 13.4 Å². The molecule has 0 spiro atoms. The number of nitrogens with one attached hydrogen (secondary N) is 1. The highest BCUT2D eigenvalue weighted by molar-refractivity contribution is 6.21. The Labute approximate surface area is 168 Å². The third-order valence-electron chi connectivity index (χ3n) is 4.43. The molecule has 0 saturated carbocycles. The van der Waals surface area contributed by atoms with Crippen LogP contribution in [0.4, 0.5) is 0 Å². The maximum atomic E-state index is 4.26. The molecular formula is C25H25BN2. The fourth-order valence-corrected chi connectivity index (χ4v) is 3.08. The number of aromatic amines is 1. The first-order valence-electron chi connectivity index (χ1n) is 9.58. The van der Waals surface area contributed by atoms with Gasteiger partial charge in [0.2, 0.25) is 0 Å². The summed E-state index contributed by atoms with van der Waals surface area (Å²) >= 11 is 0. The molecular weight excluding hydrogens is 339 g/mol. The van der Waals surface area contributed by atoms with Gasteiger partial charge in [-0.1, -0.05) is 91.0 Å². The molecule has 28 heavy (non-hydrogen) atoms. The van der Waals surface area contributed by atoms with Crippen molar-refractivity contribution in [2.75, 3.05) is 0 Å². The van der Waals surface area contributed by atoms with E-state index in [2.05, 4.69) is 84.5 Å². The molecule has 0 unspecified atom stereocenters. The molecule has 0 aliphatic rings. The fraction of sp³-hybridized carbons (Fsp3) is 0.0800. The normalized spacial score (nSPS) is 9.89. The van der Waals surface area contributed by atoms with Crippen molar-refractivity contribution in [2.45, 2.75) is 13.3 Å². The van der Waals surface area contributed by atoms with Gasteiger partial charge in [-0.15, -0.1) is 5.98 Å². The van der Waals surface area contributed by atoms with Crippen LogP contribution in [-0.2, 0) is 6.42 Å². The molecule has 1 heterocycles. The van der Waals surface area contributed by atoms with E-state index in [9.17, 15) is 0 Å². The lowest BCUT2D eigenvalue weighted by Crippen LogP contribution is -1.89. The number of imidazole rings is 1. The van der Waals surface area contributed by atoms with Crippen LogP contribution in [0.1, 0.15) is 28.2 Å². The Kier molecular flexibility index (Phi) is 7.03. The van der Waals surface area contributed by atoms with E-state index in [1.54, 1.807) is 0 Å². The van der Waals surface area contributed by atoms with E-state index in [1.165, 1.54) is 22.3 Å². The summed E-state index contributed by atoms with van der Waals surface area (Å²) < 4.78 is 0. The monoisotopic (exact) mass is 364 g/mol. The summed E-state index contributed by atoms with van der Waals surface area (Å²) in [6.07, 6.45) is 2.74. The van der Waals surface area contributed by atoms with E-state index in [0.29, 0.717) is 0 Å².